The Bertz CT molecular complexity index is 2780. The third-order valence-corrected chi connectivity index (χ3v) is 9.48. The normalized spacial score (nSPS) is 13.4. The van der Waals surface area contributed by atoms with Crippen molar-refractivity contribution in [2.75, 3.05) is 0 Å². The molecule has 5 heteroatoms. The highest BCUT2D eigenvalue weighted by Crippen LogP contribution is 2.43. The van der Waals surface area contributed by atoms with Crippen LogP contribution in [-0.2, 0) is 0 Å². The highest BCUT2D eigenvalue weighted by atomic mass is 16.3. The molecule has 0 N–H and O–H groups in total. The van der Waals surface area contributed by atoms with Crippen LogP contribution < -0.4 is 0 Å². The number of aromatic nitrogens is 3. The van der Waals surface area contributed by atoms with E-state index in [1.807, 2.05) is 30.3 Å². The molecule has 0 saturated carbocycles. The van der Waals surface area contributed by atoms with Crippen LogP contribution in [0.2, 0.25) is 0 Å². The van der Waals surface area contributed by atoms with Crippen molar-refractivity contribution in [3.05, 3.63) is 126 Å². The Hall–Kier alpha value is -5.68. The number of hydrogen-bond acceptors (Lipinski definition) is 4. The molecule has 0 saturated heterocycles. The van der Waals surface area contributed by atoms with Gasteiger partial charge in [0.2, 0.25) is 5.71 Å². The van der Waals surface area contributed by atoms with Crippen LogP contribution in [0.5, 0.6) is 0 Å². The number of benzene rings is 5. The average molecular weight is 629 g/mol. The summed E-state index contributed by atoms with van der Waals surface area (Å²) in [6, 6.07) is 36.7. The number of furan rings is 2. The Labute approximate surface area is 282 Å². The third kappa shape index (κ3) is 4.24. The molecular formula is C43H35N3O2. The zero-order valence-corrected chi connectivity index (χ0v) is 27.2. The fourth-order valence-corrected chi connectivity index (χ4v) is 7.14. The number of imidazole rings is 1. The third-order valence-electron chi connectivity index (χ3n) is 9.48. The minimum absolute atomic E-state index is 0.166. The van der Waals surface area contributed by atoms with E-state index in [4.69, 9.17) is 22.9 Å². The van der Waals surface area contributed by atoms with Gasteiger partial charge in [-0.2, -0.15) is 0 Å². The lowest BCUT2D eigenvalue weighted by molar-refractivity contribution is 0.650. The van der Waals surface area contributed by atoms with Crippen molar-refractivity contribution < 1.29 is 12.9 Å². The zero-order valence-electron chi connectivity index (χ0n) is 30.2. The first-order valence-electron chi connectivity index (χ1n) is 18.0. The van der Waals surface area contributed by atoms with E-state index in [2.05, 4.69) is 99.0 Å². The van der Waals surface area contributed by atoms with E-state index in [-0.39, 0.29) is 17.4 Å². The molecule has 0 radical (unpaired) electrons. The van der Waals surface area contributed by atoms with E-state index in [0.717, 1.165) is 33.5 Å². The molecule has 5 aromatic carbocycles. The summed E-state index contributed by atoms with van der Waals surface area (Å²) in [7, 11) is 0. The molecule has 0 aliphatic rings. The predicted octanol–water partition coefficient (Wildman–Crippen LogP) is 12.1. The Morgan fingerprint density at radius 3 is 2.15 bits per heavy atom. The second kappa shape index (κ2) is 10.7. The topological polar surface area (TPSA) is 57.0 Å². The highest BCUT2D eigenvalue weighted by Gasteiger charge is 2.26. The predicted molar refractivity (Wildman–Crippen MR) is 197 cm³/mol. The first-order valence-corrected chi connectivity index (χ1v) is 16.5. The van der Waals surface area contributed by atoms with E-state index in [1.54, 1.807) is 12.1 Å². The summed E-state index contributed by atoms with van der Waals surface area (Å²) in [4.78, 5) is 10.2. The number of hydrogen-bond donors (Lipinski definition) is 0. The monoisotopic (exact) mass is 628 g/mol. The van der Waals surface area contributed by atoms with Crippen molar-refractivity contribution in [2.45, 2.75) is 46.4 Å². The van der Waals surface area contributed by atoms with Crippen molar-refractivity contribution in [3.63, 3.8) is 0 Å². The molecular weight excluding hydrogens is 590 g/mol. The summed E-state index contributed by atoms with van der Waals surface area (Å²) >= 11 is 0. The van der Waals surface area contributed by atoms with Crippen LogP contribution in [0, 0.1) is 6.85 Å². The lowest BCUT2D eigenvalue weighted by Gasteiger charge is -2.24. The second-order valence-corrected chi connectivity index (χ2v) is 13.2. The lowest BCUT2D eigenvalue weighted by atomic mass is 9.88. The SMILES string of the molecule is [2H]C([2H])([2H])c1cccc2c1oc1nc3c(cc12)oc1c(-c2nc4ccccc4n2-c2c(C(C)C)cc(-c4ccccc4)cc2C(C)C)cccc13. The molecule has 4 heterocycles. The standard InChI is InChI=1S/C43H35N3O2/c1-24(2)32-21-28(27-14-7-6-8-15-27)22-33(25(3)4)39(32)46-36-20-10-9-19-35(36)44-42(46)31-18-12-17-30-38-37(47-41(30)31)23-34-29-16-11-13-26(5)40(29)48-43(34)45-38/h6-25H,1-5H3/i5D3. The molecule has 5 nitrogen and oxygen atoms in total. The molecule has 234 valence electrons. The van der Waals surface area contributed by atoms with Crippen LogP contribution in [0.1, 0.15) is 60.3 Å². The maximum Gasteiger partial charge on any atom is 0.228 e. The Morgan fingerprint density at radius 2 is 1.38 bits per heavy atom. The zero-order chi connectivity index (χ0) is 35.2. The van der Waals surface area contributed by atoms with Crippen LogP contribution in [0.15, 0.2) is 118 Å². The largest absolute Gasteiger partial charge is 0.454 e. The Balaban J connectivity index is 1.32. The molecule has 9 aromatic rings. The van der Waals surface area contributed by atoms with Gasteiger partial charge in [-0.25, -0.2) is 9.97 Å². The van der Waals surface area contributed by atoms with Crippen molar-refractivity contribution in [1.82, 2.24) is 14.5 Å². The van der Waals surface area contributed by atoms with Crippen LogP contribution in [0.25, 0.3) is 83.4 Å². The van der Waals surface area contributed by atoms with Gasteiger partial charge in [-0.3, -0.25) is 4.57 Å². The number of nitrogens with zero attached hydrogens (tertiary/aromatic N) is 3. The minimum Gasteiger partial charge on any atom is -0.454 e. The summed E-state index contributed by atoms with van der Waals surface area (Å²) in [5, 5.41) is 2.22. The van der Waals surface area contributed by atoms with Gasteiger partial charge in [0.25, 0.3) is 0 Å². The summed E-state index contributed by atoms with van der Waals surface area (Å²) in [5.41, 5.74) is 11.6. The maximum atomic E-state index is 8.03. The smallest absolute Gasteiger partial charge is 0.228 e. The molecule has 0 amide bonds. The van der Waals surface area contributed by atoms with Gasteiger partial charge in [0.15, 0.2) is 5.58 Å². The first-order chi connectivity index (χ1) is 24.6. The first kappa shape index (κ1) is 25.4. The fraction of sp³-hybridized carbons (Fsp3) is 0.163. The van der Waals surface area contributed by atoms with Crippen molar-refractivity contribution in [1.29, 1.82) is 0 Å². The summed E-state index contributed by atoms with van der Waals surface area (Å²) in [5.74, 6) is 1.25. The number of pyridine rings is 1. The van der Waals surface area contributed by atoms with Crippen LogP contribution in [-0.4, -0.2) is 14.5 Å². The molecule has 0 aliphatic carbocycles. The van der Waals surface area contributed by atoms with Gasteiger partial charge in [-0.15, -0.1) is 0 Å². The van der Waals surface area contributed by atoms with Gasteiger partial charge in [-0.05, 0) is 89.0 Å². The van der Waals surface area contributed by atoms with Crippen LogP contribution >= 0.6 is 0 Å². The molecule has 9 rings (SSSR count). The van der Waals surface area contributed by atoms with Crippen molar-refractivity contribution in [3.8, 4) is 28.2 Å². The molecule has 0 spiro atoms. The van der Waals surface area contributed by atoms with Gasteiger partial charge in [0.1, 0.15) is 22.5 Å². The molecule has 48 heavy (non-hydrogen) atoms. The quantitative estimate of drug-likeness (QED) is 0.190. The summed E-state index contributed by atoms with van der Waals surface area (Å²) in [6.07, 6.45) is 0. The minimum atomic E-state index is -2.31. The van der Waals surface area contributed by atoms with Gasteiger partial charge >= 0.3 is 0 Å². The van der Waals surface area contributed by atoms with Gasteiger partial charge in [0.05, 0.1) is 27.7 Å². The van der Waals surface area contributed by atoms with Gasteiger partial charge in [0, 0.05) is 14.9 Å². The van der Waals surface area contributed by atoms with Gasteiger partial charge < -0.3 is 8.83 Å². The fourth-order valence-electron chi connectivity index (χ4n) is 7.14. The van der Waals surface area contributed by atoms with Crippen LogP contribution in [0.3, 0.4) is 0 Å². The molecule has 4 aromatic heterocycles. The highest BCUT2D eigenvalue weighted by molar-refractivity contribution is 6.13. The number of rotatable bonds is 5. The Kier molecular flexibility index (Phi) is 5.65. The average Bonchev–Trinajstić information content (AvgIpc) is 3.80. The molecule has 0 atom stereocenters. The maximum absolute atomic E-state index is 8.03. The molecule has 0 aliphatic heterocycles. The van der Waals surface area contributed by atoms with Crippen molar-refractivity contribution in [2.24, 2.45) is 0 Å². The second-order valence-electron chi connectivity index (χ2n) is 13.2. The molecule has 0 unspecified atom stereocenters. The molecule has 0 fully saturated rings. The summed E-state index contributed by atoms with van der Waals surface area (Å²) in [6.45, 7) is 6.70. The lowest BCUT2D eigenvalue weighted by Crippen LogP contribution is -2.09. The van der Waals surface area contributed by atoms with Crippen LogP contribution in [0.4, 0.5) is 0 Å². The van der Waals surface area contributed by atoms with E-state index in [9.17, 15) is 0 Å². The Morgan fingerprint density at radius 1 is 0.646 bits per heavy atom. The van der Waals surface area contributed by atoms with E-state index in [1.165, 1.54) is 22.3 Å². The number of fused-ring (bicyclic) bond motifs is 7. The number of aryl methyl sites for hydroxylation is 1. The van der Waals surface area contributed by atoms with E-state index >= 15 is 0 Å². The molecule has 0 bridgehead atoms. The van der Waals surface area contributed by atoms with E-state index < -0.39 is 6.85 Å². The van der Waals surface area contributed by atoms with E-state index in [0.29, 0.717) is 38.8 Å². The number of para-hydroxylation sites is 4. The van der Waals surface area contributed by atoms with Crippen molar-refractivity contribution >= 4 is 55.2 Å². The van der Waals surface area contributed by atoms with Gasteiger partial charge in [-0.1, -0.05) is 94.4 Å². The summed E-state index contributed by atoms with van der Waals surface area (Å²) < 4.78 is 39.3.